The van der Waals surface area contributed by atoms with Gasteiger partial charge in [-0.05, 0) is 12.8 Å². The highest BCUT2D eigenvalue weighted by Gasteiger charge is 2.05. The van der Waals surface area contributed by atoms with Crippen LogP contribution < -0.4 is 4.74 Å². The van der Waals surface area contributed by atoms with Crippen LogP contribution in [0.5, 0.6) is 5.75 Å². The molecule has 5 nitrogen and oxygen atoms in total. The third-order valence-corrected chi connectivity index (χ3v) is 3.10. The highest BCUT2D eigenvalue weighted by Crippen LogP contribution is 2.09. The summed E-state index contributed by atoms with van der Waals surface area (Å²) in [6.07, 6.45) is 4.79. The molecule has 0 unspecified atom stereocenters. The molecule has 0 saturated carbocycles. The minimum Gasteiger partial charge on any atom is -0.490 e. The largest absolute Gasteiger partial charge is 0.490 e. The minimum atomic E-state index is -3.41. The summed E-state index contributed by atoms with van der Waals surface area (Å²) in [5.41, 5.74) is 0. The molecule has 0 fully saturated rings. The molecule has 0 aliphatic rings. The second-order valence-electron chi connectivity index (χ2n) is 3.38. The van der Waals surface area contributed by atoms with E-state index in [2.05, 4.69) is 12.0 Å². The first kappa shape index (κ1) is 13.3. The molecule has 0 radical (unpaired) electrons. The van der Waals surface area contributed by atoms with Crippen molar-refractivity contribution in [3.63, 3.8) is 0 Å². The lowest BCUT2D eigenvalue weighted by atomic mass is 10.5. The Labute approximate surface area is 99.8 Å². The lowest BCUT2D eigenvalue weighted by Gasteiger charge is -2.01. The van der Waals surface area contributed by atoms with Crippen LogP contribution in [0.4, 0.5) is 0 Å². The van der Waals surface area contributed by atoms with Crippen LogP contribution in [0, 0.1) is 0 Å². The number of halogens is 1. The summed E-state index contributed by atoms with van der Waals surface area (Å²) in [5.74, 6) is 0.581. The molecule has 16 heavy (non-hydrogen) atoms. The molecule has 0 amide bonds. The number of nitrogens with zero attached hydrogens (tertiary/aromatic N) is 2. The standard InChI is InChI=1S/C9H15ClN2O3S/c1-2-4-12-8-9(7-11-12)15-5-3-6-16(10,13)14/h7-8H,2-6H2,1H3. The monoisotopic (exact) mass is 266 g/mol. The average Bonchev–Trinajstić information content (AvgIpc) is 2.60. The number of hydrogen-bond acceptors (Lipinski definition) is 4. The third kappa shape index (κ3) is 5.37. The van der Waals surface area contributed by atoms with Gasteiger partial charge in [-0.15, -0.1) is 0 Å². The van der Waals surface area contributed by atoms with Crippen molar-refractivity contribution in [3.05, 3.63) is 12.4 Å². The van der Waals surface area contributed by atoms with Crippen LogP contribution in [0.15, 0.2) is 12.4 Å². The van der Waals surface area contributed by atoms with E-state index in [4.69, 9.17) is 15.4 Å². The van der Waals surface area contributed by atoms with Crippen molar-refractivity contribution in [3.8, 4) is 5.75 Å². The molecule has 0 aliphatic heterocycles. The predicted octanol–water partition coefficient (Wildman–Crippen LogP) is 1.63. The molecule has 0 atom stereocenters. The number of aromatic nitrogens is 2. The topological polar surface area (TPSA) is 61.2 Å². The number of aryl methyl sites for hydroxylation is 1. The summed E-state index contributed by atoms with van der Waals surface area (Å²) < 4.78 is 28.4. The van der Waals surface area contributed by atoms with Gasteiger partial charge in [0, 0.05) is 17.2 Å². The summed E-state index contributed by atoms with van der Waals surface area (Å²) in [6, 6.07) is 0. The zero-order valence-electron chi connectivity index (χ0n) is 9.10. The zero-order valence-corrected chi connectivity index (χ0v) is 10.7. The van der Waals surface area contributed by atoms with Gasteiger partial charge in [0.1, 0.15) is 0 Å². The maximum Gasteiger partial charge on any atom is 0.232 e. The first-order valence-electron chi connectivity index (χ1n) is 5.09. The van der Waals surface area contributed by atoms with Crippen molar-refractivity contribution < 1.29 is 13.2 Å². The minimum absolute atomic E-state index is 0.0718. The summed E-state index contributed by atoms with van der Waals surface area (Å²) in [4.78, 5) is 0. The molecule has 1 heterocycles. The van der Waals surface area contributed by atoms with Crippen LogP contribution >= 0.6 is 10.7 Å². The van der Waals surface area contributed by atoms with E-state index in [0.29, 0.717) is 18.8 Å². The van der Waals surface area contributed by atoms with Crippen molar-refractivity contribution in [2.45, 2.75) is 26.3 Å². The maximum atomic E-state index is 10.6. The van der Waals surface area contributed by atoms with E-state index in [1.807, 2.05) is 0 Å². The van der Waals surface area contributed by atoms with E-state index in [1.165, 1.54) is 0 Å². The molecule has 1 rings (SSSR count). The normalized spacial score (nSPS) is 11.6. The Morgan fingerprint density at radius 3 is 2.94 bits per heavy atom. The van der Waals surface area contributed by atoms with E-state index in [1.54, 1.807) is 17.1 Å². The van der Waals surface area contributed by atoms with E-state index in [0.717, 1.165) is 13.0 Å². The SMILES string of the molecule is CCCn1cc(OCCCS(=O)(=O)Cl)cn1. The van der Waals surface area contributed by atoms with Crippen LogP contribution in [-0.2, 0) is 15.6 Å². The lowest BCUT2D eigenvalue weighted by molar-refractivity contribution is 0.317. The van der Waals surface area contributed by atoms with Gasteiger partial charge in [-0.25, -0.2) is 8.42 Å². The summed E-state index contributed by atoms with van der Waals surface area (Å²) >= 11 is 0. The number of rotatable bonds is 7. The van der Waals surface area contributed by atoms with E-state index >= 15 is 0 Å². The Balaban J connectivity index is 2.26. The van der Waals surface area contributed by atoms with Crippen LogP contribution in [0.1, 0.15) is 19.8 Å². The Hall–Kier alpha value is -0.750. The highest BCUT2D eigenvalue weighted by atomic mass is 35.7. The van der Waals surface area contributed by atoms with Crippen molar-refractivity contribution in [2.24, 2.45) is 0 Å². The average molecular weight is 267 g/mol. The Morgan fingerprint density at radius 2 is 2.31 bits per heavy atom. The summed E-state index contributed by atoms with van der Waals surface area (Å²) in [6.45, 7) is 3.23. The van der Waals surface area contributed by atoms with Crippen molar-refractivity contribution >= 4 is 19.7 Å². The zero-order chi connectivity index (χ0) is 12.0. The van der Waals surface area contributed by atoms with Gasteiger partial charge in [-0.2, -0.15) is 5.10 Å². The van der Waals surface area contributed by atoms with Crippen molar-refractivity contribution in [2.75, 3.05) is 12.4 Å². The van der Waals surface area contributed by atoms with Crippen LogP contribution in [0.3, 0.4) is 0 Å². The smallest absolute Gasteiger partial charge is 0.232 e. The first-order valence-corrected chi connectivity index (χ1v) is 7.56. The molecule has 1 aromatic heterocycles. The summed E-state index contributed by atoms with van der Waals surface area (Å²) in [7, 11) is 1.65. The van der Waals surface area contributed by atoms with Crippen molar-refractivity contribution in [1.29, 1.82) is 0 Å². The van der Waals surface area contributed by atoms with Gasteiger partial charge in [0.25, 0.3) is 0 Å². The van der Waals surface area contributed by atoms with E-state index in [9.17, 15) is 8.42 Å². The van der Waals surface area contributed by atoms with E-state index in [-0.39, 0.29) is 5.75 Å². The van der Waals surface area contributed by atoms with Gasteiger partial charge in [-0.1, -0.05) is 6.92 Å². The molecular weight excluding hydrogens is 252 g/mol. The highest BCUT2D eigenvalue weighted by molar-refractivity contribution is 8.13. The molecule has 7 heteroatoms. The van der Waals surface area contributed by atoms with Gasteiger partial charge in [0.15, 0.2) is 5.75 Å². The lowest BCUT2D eigenvalue weighted by Crippen LogP contribution is -2.04. The quantitative estimate of drug-likeness (QED) is 0.556. The van der Waals surface area contributed by atoms with Gasteiger partial charge in [-0.3, -0.25) is 4.68 Å². The number of ether oxygens (including phenoxy) is 1. The molecule has 0 N–H and O–H groups in total. The Kier molecular flexibility index (Phi) is 5.08. The Morgan fingerprint density at radius 1 is 1.56 bits per heavy atom. The van der Waals surface area contributed by atoms with Gasteiger partial charge in [0.2, 0.25) is 9.05 Å². The third-order valence-electron chi connectivity index (χ3n) is 1.86. The second-order valence-corrected chi connectivity index (χ2v) is 6.28. The maximum absolute atomic E-state index is 10.6. The molecule has 0 aromatic carbocycles. The van der Waals surface area contributed by atoms with Crippen LogP contribution in [0.2, 0.25) is 0 Å². The molecule has 0 aliphatic carbocycles. The fourth-order valence-corrected chi connectivity index (χ4v) is 1.98. The first-order chi connectivity index (χ1) is 7.51. The molecule has 0 saturated heterocycles. The van der Waals surface area contributed by atoms with Gasteiger partial charge >= 0.3 is 0 Å². The molecular formula is C9H15ClN2O3S. The fourth-order valence-electron chi connectivity index (χ4n) is 1.19. The molecule has 0 bridgehead atoms. The van der Waals surface area contributed by atoms with Crippen molar-refractivity contribution in [1.82, 2.24) is 9.78 Å². The van der Waals surface area contributed by atoms with Gasteiger partial charge < -0.3 is 4.74 Å². The molecule has 1 aromatic rings. The van der Waals surface area contributed by atoms with Crippen LogP contribution in [-0.4, -0.2) is 30.6 Å². The predicted molar refractivity (Wildman–Crippen MR) is 62.3 cm³/mol. The van der Waals surface area contributed by atoms with Crippen LogP contribution in [0.25, 0.3) is 0 Å². The van der Waals surface area contributed by atoms with Gasteiger partial charge in [0.05, 0.1) is 24.8 Å². The Bertz CT molecular complexity index is 416. The molecule has 92 valence electrons. The number of hydrogen-bond donors (Lipinski definition) is 0. The summed E-state index contributed by atoms with van der Waals surface area (Å²) in [5, 5.41) is 4.08. The fraction of sp³-hybridized carbons (Fsp3) is 0.667. The second kappa shape index (κ2) is 6.10. The van der Waals surface area contributed by atoms with E-state index < -0.39 is 9.05 Å². The molecule has 0 spiro atoms.